The van der Waals surface area contributed by atoms with Gasteiger partial charge in [-0.1, -0.05) is 83.9 Å². The Balaban J connectivity index is 1.21. The van der Waals surface area contributed by atoms with Gasteiger partial charge in [-0.25, -0.2) is 0 Å². The number of halogens is 8. The van der Waals surface area contributed by atoms with Crippen LogP contribution in [0.25, 0.3) is 0 Å². The summed E-state index contributed by atoms with van der Waals surface area (Å²) in [6.07, 6.45) is -9.06. The van der Waals surface area contributed by atoms with Crippen molar-refractivity contribution in [3.63, 3.8) is 0 Å². The van der Waals surface area contributed by atoms with Crippen molar-refractivity contribution in [2.45, 2.75) is 37.7 Å². The fraction of sp³-hybridized carbons (Fsp3) is 0.390. The number of benzene rings is 4. The van der Waals surface area contributed by atoms with Crippen LogP contribution < -0.4 is 9.80 Å². The summed E-state index contributed by atoms with van der Waals surface area (Å²) in [5.41, 5.74) is 0.807. The van der Waals surface area contributed by atoms with Crippen LogP contribution in [0, 0.1) is 0 Å². The lowest BCUT2D eigenvalue weighted by Crippen LogP contribution is -2.61. The predicted octanol–water partition coefficient (Wildman–Crippen LogP) is 8.72. The minimum absolute atomic E-state index is 0.0486. The van der Waals surface area contributed by atoms with E-state index in [1.165, 1.54) is 12.1 Å². The van der Waals surface area contributed by atoms with Gasteiger partial charge in [0.1, 0.15) is 0 Å². The summed E-state index contributed by atoms with van der Waals surface area (Å²) in [5.74, 6) is -0.151. The van der Waals surface area contributed by atoms with Gasteiger partial charge in [0.15, 0.2) is 5.78 Å². The number of carbonyl (C=O) groups is 1. The molecule has 0 saturated carbocycles. The molecule has 4 aromatic carbocycles. The molecule has 0 aliphatic carbocycles. The second kappa shape index (κ2) is 18.6. The first-order valence-electron chi connectivity index (χ1n) is 18.3. The molecule has 2 unspecified atom stereocenters. The summed E-state index contributed by atoms with van der Waals surface area (Å²) in [5, 5.41) is 0.401. The van der Waals surface area contributed by atoms with E-state index < -0.39 is 35.6 Å². The lowest BCUT2D eigenvalue weighted by atomic mass is 10.0. The van der Waals surface area contributed by atoms with Crippen molar-refractivity contribution in [3.8, 4) is 0 Å². The van der Waals surface area contributed by atoms with Gasteiger partial charge in [0.2, 0.25) is 0 Å². The third-order valence-electron chi connectivity index (χ3n) is 10.2. The molecule has 0 spiro atoms. The molecule has 2 aliphatic rings. The van der Waals surface area contributed by atoms with Crippen molar-refractivity contribution in [3.05, 3.63) is 129 Å². The Bertz CT molecular complexity index is 1750. The number of anilines is 2. The Morgan fingerprint density at radius 1 is 0.554 bits per heavy atom. The second-order valence-electron chi connectivity index (χ2n) is 13.8. The fourth-order valence-corrected chi connectivity index (χ4v) is 7.57. The molecular formula is C41H42Cl2F6N4O3. The summed E-state index contributed by atoms with van der Waals surface area (Å²) in [4.78, 5) is 22.5. The third-order valence-corrected chi connectivity index (χ3v) is 10.8. The molecule has 56 heavy (non-hydrogen) atoms. The summed E-state index contributed by atoms with van der Waals surface area (Å²) < 4.78 is 93.8. The maximum atomic E-state index is 14.9. The van der Waals surface area contributed by atoms with Gasteiger partial charge in [0.05, 0.1) is 71.1 Å². The fourth-order valence-electron chi connectivity index (χ4n) is 7.09. The number of hydrogen-bond donors (Lipinski definition) is 0. The molecule has 7 nitrogen and oxygen atoms in total. The number of rotatable bonds is 14. The molecule has 300 valence electrons. The number of Topliss-reactive ketones (excluding diaryl/α,β-unsaturated/α-hetero) is 1. The first kappa shape index (κ1) is 41.8. The van der Waals surface area contributed by atoms with Crippen LogP contribution in [0.3, 0.4) is 0 Å². The van der Waals surface area contributed by atoms with Gasteiger partial charge in [0.25, 0.3) is 0 Å². The lowest BCUT2D eigenvalue weighted by Gasteiger charge is -2.43. The molecule has 0 radical (unpaired) electrons. The average Bonchev–Trinajstić information content (AvgIpc) is 3.18. The highest BCUT2D eigenvalue weighted by atomic mass is 35.5. The van der Waals surface area contributed by atoms with Gasteiger partial charge < -0.3 is 19.3 Å². The topological polar surface area (TPSA) is 48.5 Å². The summed E-state index contributed by atoms with van der Waals surface area (Å²) in [6, 6.07) is 24.1. The van der Waals surface area contributed by atoms with Gasteiger partial charge in [-0.15, -0.1) is 0 Å². The van der Waals surface area contributed by atoms with E-state index in [0.717, 1.165) is 35.4 Å². The lowest BCUT2D eigenvalue weighted by molar-refractivity contribution is -0.138. The van der Waals surface area contributed by atoms with Crippen LogP contribution in [0.15, 0.2) is 97.1 Å². The smallest absolute Gasteiger partial charge is 0.375 e. The van der Waals surface area contributed by atoms with Crippen molar-refractivity contribution < 1.29 is 40.6 Å². The minimum Gasteiger partial charge on any atom is -0.375 e. The molecule has 0 aromatic heterocycles. The molecule has 0 bridgehead atoms. The molecule has 2 heterocycles. The first-order chi connectivity index (χ1) is 26.8. The minimum atomic E-state index is -4.53. The van der Waals surface area contributed by atoms with Crippen molar-refractivity contribution in [1.82, 2.24) is 9.80 Å². The van der Waals surface area contributed by atoms with Crippen molar-refractivity contribution in [2.75, 3.05) is 75.4 Å². The number of carbonyl (C=O) groups excluding carboxylic acids is 1. The Kier molecular flexibility index (Phi) is 13.9. The van der Waals surface area contributed by atoms with Gasteiger partial charge in [-0.3, -0.25) is 14.6 Å². The van der Waals surface area contributed by atoms with Gasteiger partial charge in [-0.2, -0.15) is 26.3 Å². The third kappa shape index (κ3) is 10.8. The molecular weight excluding hydrogens is 781 g/mol. The van der Waals surface area contributed by atoms with Crippen LogP contribution in [0.2, 0.25) is 10.0 Å². The first-order valence-corrected chi connectivity index (χ1v) is 19.0. The largest absolute Gasteiger partial charge is 0.416 e. The normalized spacial score (nSPS) is 17.2. The number of nitrogens with zero attached hydrogens (tertiary/aromatic N) is 4. The molecule has 2 saturated heterocycles. The van der Waals surface area contributed by atoms with Gasteiger partial charge in [0, 0.05) is 52.4 Å². The van der Waals surface area contributed by atoms with Crippen LogP contribution in [-0.2, 0) is 39.8 Å². The maximum absolute atomic E-state index is 14.9. The Labute approximate surface area is 332 Å². The van der Waals surface area contributed by atoms with E-state index in [9.17, 15) is 31.1 Å². The number of ether oxygens (including phenoxy) is 2. The van der Waals surface area contributed by atoms with E-state index in [1.807, 2.05) is 70.5 Å². The van der Waals surface area contributed by atoms with Crippen LogP contribution >= 0.6 is 23.2 Å². The van der Waals surface area contributed by atoms with E-state index in [0.29, 0.717) is 52.4 Å². The number of alkyl halides is 6. The summed E-state index contributed by atoms with van der Waals surface area (Å²) >= 11 is 12.8. The molecule has 4 aromatic rings. The van der Waals surface area contributed by atoms with E-state index >= 15 is 0 Å². The van der Waals surface area contributed by atoms with E-state index in [1.54, 1.807) is 9.80 Å². The van der Waals surface area contributed by atoms with Gasteiger partial charge >= 0.3 is 12.4 Å². The maximum Gasteiger partial charge on any atom is 0.416 e. The second-order valence-corrected chi connectivity index (χ2v) is 14.6. The zero-order chi connectivity index (χ0) is 39.9. The van der Waals surface area contributed by atoms with Gasteiger partial charge in [-0.05, 0) is 47.5 Å². The van der Waals surface area contributed by atoms with Crippen molar-refractivity contribution >= 4 is 40.4 Å². The van der Waals surface area contributed by atoms with Crippen LogP contribution in [0.1, 0.15) is 22.3 Å². The monoisotopic (exact) mass is 822 g/mol. The van der Waals surface area contributed by atoms with E-state index in [4.69, 9.17) is 32.7 Å². The van der Waals surface area contributed by atoms with Crippen LogP contribution in [0.5, 0.6) is 0 Å². The molecule has 0 N–H and O–H groups in total. The van der Waals surface area contributed by atoms with E-state index in [-0.39, 0.29) is 53.6 Å². The molecule has 2 aliphatic heterocycles. The predicted molar refractivity (Wildman–Crippen MR) is 205 cm³/mol. The Morgan fingerprint density at radius 2 is 0.911 bits per heavy atom. The molecule has 2 atom stereocenters. The molecule has 15 heteroatoms. The van der Waals surface area contributed by atoms with Crippen molar-refractivity contribution in [1.29, 1.82) is 0 Å². The van der Waals surface area contributed by atoms with Crippen LogP contribution in [-0.4, -0.2) is 93.2 Å². The highest BCUT2D eigenvalue weighted by Gasteiger charge is 2.39. The highest BCUT2D eigenvalue weighted by Crippen LogP contribution is 2.37. The number of ketones is 1. The average molecular weight is 824 g/mol. The SMILES string of the molecule is O=C(C(COCc1ccccc1)N1CCN(c2cc(C(F)(F)F)ccc2Cl)CC1)C(COCc1ccccc1)N1CCN(c2cc(C(F)(F)F)ccc2Cl)CC1. The van der Waals surface area contributed by atoms with E-state index in [2.05, 4.69) is 0 Å². The number of hydrogen-bond acceptors (Lipinski definition) is 7. The Hall–Kier alpha value is -3.85. The zero-order valence-corrected chi connectivity index (χ0v) is 31.9. The molecule has 6 rings (SSSR count). The zero-order valence-electron chi connectivity index (χ0n) is 30.4. The quantitative estimate of drug-likeness (QED) is 0.118. The standard InChI is InChI=1S/C41H42Cl2F6N4O3/c42-33-13-11-31(40(44,45)46)23-35(33)50-15-19-52(20-16-50)37(27-55-25-29-7-3-1-4-8-29)39(54)38(28-56-26-30-9-5-2-6-10-30)53-21-17-51(18-22-53)36-24-32(41(47,48)49)12-14-34(36)43/h1-14,23-24,37-38H,15-22,25-28H2. The number of piperazine rings is 2. The van der Waals surface area contributed by atoms with Crippen molar-refractivity contribution in [2.24, 2.45) is 0 Å². The molecule has 2 fully saturated rings. The summed E-state index contributed by atoms with van der Waals surface area (Å²) in [6.45, 7) is 3.25. The Morgan fingerprint density at radius 3 is 1.25 bits per heavy atom. The summed E-state index contributed by atoms with van der Waals surface area (Å²) in [7, 11) is 0. The highest BCUT2D eigenvalue weighted by molar-refractivity contribution is 6.33. The molecule has 0 amide bonds. The van der Waals surface area contributed by atoms with Crippen LogP contribution in [0.4, 0.5) is 37.7 Å².